The highest BCUT2D eigenvalue weighted by molar-refractivity contribution is 5.91. The van der Waals surface area contributed by atoms with Gasteiger partial charge in [0.15, 0.2) is 0 Å². The van der Waals surface area contributed by atoms with Gasteiger partial charge in [0.1, 0.15) is 5.69 Å². The maximum Gasteiger partial charge on any atom is 0.271 e. The van der Waals surface area contributed by atoms with Crippen molar-refractivity contribution in [2.45, 2.75) is 13.0 Å². The molecule has 0 aliphatic carbocycles. The van der Waals surface area contributed by atoms with Crippen LogP contribution in [0.15, 0.2) is 59.7 Å². The van der Waals surface area contributed by atoms with Crippen molar-refractivity contribution in [1.29, 1.82) is 0 Å². The smallest absolute Gasteiger partial charge is 0.271 e. The summed E-state index contributed by atoms with van der Waals surface area (Å²) < 4.78 is 7.96. The Bertz CT molecular complexity index is 949. The lowest BCUT2D eigenvalue weighted by Crippen LogP contribution is -2.31. The number of ether oxygens (including phenoxy) is 1. The standard InChI is InChI=1S/C19H21N5O3/c1-27-12-11-23-18(25)8-7-17(22-23)19(26)20-10-9-15-13-21-24(14-15)16-5-3-2-4-6-16/h2-8,13-14H,9-12H2,1H3,(H,20,26). The van der Waals surface area contributed by atoms with E-state index in [1.807, 2.05) is 36.5 Å². The van der Waals surface area contributed by atoms with Gasteiger partial charge >= 0.3 is 0 Å². The second kappa shape index (κ2) is 8.91. The zero-order chi connectivity index (χ0) is 19.1. The molecule has 1 N–H and O–H groups in total. The fourth-order valence-corrected chi connectivity index (χ4v) is 2.53. The second-order valence-corrected chi connectivity index (χ2v) is 5.91. The molecular weight excluding hydrogens is 346 g/mol. The topological polar surface area (TPSA) is 91.0 Å². The molecule has 1 aromatic carbocycles. The molecule has 1 amide bonds. The van der Waals surface area contributed by atoms with Crippen LogP contribution in [0.5, 0.6) is 0 Å². The summed E-state index contributed by atoms with van der Waals surface area (Å²) in [5.74, 6) is -0.323. The van der Waals surface area contributed by atoms with E-state index in [1.54, 1.807) is 18.0 Å². The van der Waals surface area contributed by atoms with Gasteiger partial charge in [0, 0.05) is 25.9 Å². The zero-order valence-electron chi connectivity index (χ0n) is 15.0. The molecule has 3 rings (SSSR count). The van der Waals surface area contributed by atoms with E-state index in [-0.39, 0.29) is 17.2 Å². The fourth-order valence-electron chi connectivity index (χ4n) is 2.53. The molecule has 8 heteroatoms. The lowest BCUT2D eigenvalue weighted by atomic mass is 10.2. The van der Waals surface area contributed by atoms with Crippen molar-refractivity contribution in [3.8, 4) is 5.69 Å². The molecule has 0 saturated heterocycles. The van der Waals surface area contributed by atoms with E-state index in [1.165, 1.54) is 16.8 Å². The fraction of sp³-hybridized carbons (Fsp3) is 0.263. The molecule has 0 atom stereocenters. The minimum Gasteiger partial charge on any atom is -0.383 e. The average Bonchev–Trinajstić information content (AvgIpc) is 3.17. The lowest BCUT2D eigenvalue weighted by Gasteiger charge is -2.07. The summed E-state index contributed by atoms with van der Waals surface area (Å²) in [4.78, 5) is 24.0. The molecule has 8 nitrogen and oxygen atoms in total. The molecule has 0 unspecified atom stereocenters. The number of rotatable bonds is 8. The number of nitrogens with one attached hydrogen (secondary N) is 1. The first-order valence-electron chi connectivity index (χ1n) is 8.61. The van der Waals surface area contributed by atoms with Gasteiger partial charge in [-0.3, -0.25) is 9.59 Å². The van der Waals surface area contributed by atoms with Gasteiger partial charge in [-0.15, -0.1) is 0 Å². The summed E-state index contributed by atoms with van der Waals surface area (Å²) in [5.41, 5.74) is 1.93. The van der Waals surface area contributed by atoms with Crippen LogP contribution in [-0.2, 0) is 17.7 Å². The molecule has 140 valence electrons. The number of methoxy groups -OCH3 is 1. The van der Waals surface area contributed by atoms with Crippen molar-refractivity contribution in [2.75, 3.05) is 20.3 Å². The van der Waals surface area contributed by atoms with E-state index in [0.717, 1.165) is 11.3 Å². The highest BCUT2D eigenvalue weighted by atomic mass is 16.5. The summed E-state index contributed by atoms with van der Waals surface area (Å²) in [6, 6.07) is 12.6. The number of nitrogens with zero attached hydrogens (tertiary/aromatic N) is 4. The summed E-state index contributed by atoms with van der Waals surface area (Å²) in [6.45, 7) is 1.09. The first kappa shape index (κ1) is 18.5. The molecule has 0 saturated carbocycles. The predicted molar refractivity (Wildman–Crippen MR) is 100.0 cm³/mol. The summed E-state index contributed by atoms with van der Waals surface area (Å²) >= 11 is 0. The molecule has 0 bridgehead atoms. The van der Waals surface area contributed by atoms with Crippen molar-refractivity contribution in [2.24, 2.45) is 0 Å². The van der Waals surface area contributed by atoms with Crippen LogP contribution in [0.2, 0.25) is 0 Å². The van der Waals surface area contributed by atoms with Crippen molar-refractivity contribution < 1.29 is 9.53 Å². The SMILES string of the molecule is COCCn1nc(C(=O)NCCc2cnn(-c3ccccc3)c2)ccc1=O. The predicted octanol–water partition coefficient (Wildman–Crippen LogP) is 1.05. The number of carbonyl (C=O) groups excluding carboxylic acids is 1. The molecular formula is C19H21N5O3. The Balaban J connectivity index is 1.55. The quantitative estimate of drug-likeness (QED) is 0.643. The van der Waals surface area contributed by atoms with Crippen molar-refractivity contribution in [1.82, 2.24) is 24.9 Å². The molecule has 2 heterocycles. The molecule has 0 radical (unpaired) electrons. The van der Waals surface area contributed by atoms with Gasteiger partial charge in [0.05, 0.1) is 25.0 Å². The normalized spacial score (nSPS) is 10.7. The Morgan fingerprint density at radius 1 is 1.19 bits per heavy atom. The monoisotopic (exact) mass is 367 g/mol. The molecule has 0 fully saturated rings. The van der Waals surface area contributed by atoms with Gasteiger partial charge in [-0.05, 0) is 30.2 Å². The number of hydrogen-bond donors (Lipinski definition) is 1. The van der Waals surface area contributed by atoms with E-state index in [0.29, 0.717) is 26.1 Å². The zero-order valence-corrected chi connectivity index (χ0v) is 15.0. The van der Waals surface area contributed by atoms with Gasteiger partial charge < -0.3 is 10.1 Å². The van der Waals surface area contributed by atoms with Crippen molar-refractivity contribution in [3.63, 3.8) is 0 Å². The Kier molecular flexibility index (Phi) is 6.11. The van der Waals surface area contributed by atoms with Crippen LogP contribution < -0.4 is 10.9 Å². The number of carbonyl (C=O) groups is 1. The van der Waals surface area contributed by atoms with Gasteiger partial charge in [0.25, 0.3) is 11.5 Å². The molecule has 3 aromatic rings. The number of hydrogen-bond acceptors (Lipinski definition) is 5. The number of amides is 1. The third-order valence-corrected chi connectivity index (χ3v) is 3.96. The van der Waals surface area contributed by atoms with Crippen LogP contribution in [0, 0.1) is 0 Å². The lowest BCUT2D eigenvalue weighted by molar-refractivity contribution is 0.0945. The Morgan fingerprint density at radius 3 is 2.78 bits per heavy atom. The van der Waals surface area contributed by atoms with E-state index >= 15 is 0 Å². The largest absolute Gasteiger partial charge is 0.383 e. The van der Waals surface area contributed by atoms with Gasteiger partial charge in [-0.1, -0.05) is 18.2 Å². The third kappa shape index (κ3) is 4.89. The van der Waals surface area contributed by atoms with Crippen LogP contribution in [0.1, 0.15) is 16.1 Å². The maximum atomic E-state index is 12.3. The van der Waals surface area contributed by atoms with Crippen LogP contribution >= 0.6 is 0 Å². The van der Waals surface area contributed by atoms with Crippen LogP contribution in [-0.4, -0.2) is 45.7 Å². The first-order valence-corrected chi connectivity index (χ1v) is 8.61. The Morgan fingerprint density at radius 2 is 2.00 bits per heavy atom. The Labute approximate surface area is 156 Å². The average molecular weight is 367 g/mol. The van der Waals surface area contributed by atoms with Crippen LogP contribution in [0.3, 0.4) is 0 Å². The third-order valence-electron chi connectivity index (χ3n) is 3.96. The molecule has 0 aliphatic rings. The van der Waals surface area contributed by atoms with Gasteiger partial charge in [-0.2, -0.15) is 10.2 Å². The molecule has 2 aromatic heterocycles. The van der Waals surface area contributed by atoms with E-state index < -0.39 is 0 Å². The number of aromatic nitrogens is 4. The second-order valence-electron chi connectivity index (χ2n) is 5.91. The molecule has 0 spiro atoms. The van der Waals surface area contributed by atoms with Crippen LogP contribution in [0.4, 0.5) is 0 Å². The minimum atomic E-state index is -0.323. The minimum absolute atomic E-state index is 0.200. The molecule has 27 heavy (non-hydrogen) atoms. The summed E-state index contributed by atoms with van der Waals surface area (Å²) in [6.07, 6.45) is 4.36. The Hall–Kier alpha value is -3.26. The van der Waals surface area contributed by atoms with Crippen molar-refractivity contribution >= 4 is 5.91 Å². The number of para-hydroxylation sites is 1. The van der Waals surface area contributed by atoms with Gasteiger partial charge in [0.2, 0.25) is 0 Å². The van der Waals surface area contributed by atoms with E-state index in [2.05, 4.69) is 15.5 Å². The van der Waals surface area contributed by atoms with Gasteiger partial charge in [-0.25, -0.2) is 9.36 Å². The maximum absolute atomic E-state index is 12.3. The van der Waals surface area contributed by atoms with Crippen LogP contribution in [0.25, 0.3) is 5.69 Å². The molecule has 0 aliphatic heterocycles. The summed E-state index contributed by atoms with van der Waals surface area (Å²) in [5, 5.41) is 11.2. The summed E-state index contributed by atoms with van der Waals surface area (Å²) in [7, 11) is 1.54. The first-order chi connectivity index (χ1) is 13.2. The van der Waals surface area contributed by atoms with E-state index in [9.17, 15) is 9.59 Å². The number of benzene rings is 1. The van der Waals surface area contributed by atoms with Crippen molar-refractivity contribution in [3.05, 3.63) is 76.5 Å². The van der Waals surface area contributed by atoms with E-state index in [4.69, 9.17) is 4.74 Å². The highest BCUT2D eigenvalue weighted by Crippen LogP contribution is 2.07. The highest BCUT2D eigenvalue weighted by Gasteiger charge is 2.09.